The number of rotatable bonds is 8. The molecule has 224 valence electrons. The van der Waals surface area contributed by atoms with Crippen LogP contribution in [0, 0.1) is 0 Å². The topological polar surface area (TPSA) is 0 Å². The summed E-state index contributed by atoms with van der Waals surface area (Å²) >= 11 is 0. The van der Waals surface area contributed by atoms with Crippen LogP contribution in [-0.4, -0.2) is 25.7 Å². The average molecular weight is 633 g/mol. The van der Waals surface area contributed by atoms with Crippen molar-refractivity contribution in [2.24, 2.45) is 0 Å². The summed E-state index contributed by atoms with van der Waals surface area (Å²) in [4.78, 5) is 0. The fourth-order valence-electron chi connectivity index (χ4n) is 5.90. The van der Waals surface area contributed by atoms with Gasteiger partial charge in [-0.1, -0.05) is 206 Å². The van der Waals surface area contributed by atoms with Crippen molar-refractivity contribution in [3.8, 4) is 44.5 Å². The van der Waals surface area contributed by atoms with Crippen molar-refractivity contribution in [3.05, 3.63) is 146 Å². The van der Waals surface area contributed by atoms with Gasteiger partial charge in [-0.25, -0.2) is 0 Å². The summed E-state index contributed by atoms with van der Waals surface area (Å²) in [5.74, 6) is 0. The molecule has 0 radical (unpaired) electrons. The zero-order valence-electron chi connectivity index (χ0n) is 27.6. The maximum absolute atomic E-state index is 2.40. The summed E-state index contributed by atoms with van der Waals surface area (Å²) in [5.41, 5.74) is 10.2. The molecule has 0 bridgehead atoms. The van der Waals surface area contributed by atoms with Crippen molar-refractivity contribution in [1.82, 2.24) is 0 Å². The Labute approximate surface area is 274 Å². The highest BCUT2D eigenvalue weighted by Gasteiger charge is 2.16. The molecule has 0 atom stereocenters. The molecular formula is C42H44Si3. The monoisotopic (exact) mass is 632 g/mol. The molecule has 0 aromatic heterocycles. The van der Waals surface area contributed by atoms with Crippen LogP contribution < -0.4 is 20.7 Å². The molecule has 6 rings (SSSR count). The summed E-state index contributed by atoms with van der Waals surface area (Å²) in [6.45, 7) is 14.4. The van der Waals surface area contributed by atoms with Crippen LogP contribution in [0.4, 0.5) is 0 Å². The summed E-state index contributed by atoms with van der Waals surface area (Å²) in [6, 6.07) is 54.9. The van der Waals surface area contributed by atoms with Gasteiger partial charge in [-0.15, -0.1) is 0 Å². The molecule has 0 amide bonds. The normalized spacial score (nSPS) is 11.9. The Kier molecular flexibility index (Phi) is 8.78. The van der Waals surface area contributed by atoms with Gasteiger partial charge in [0.25, 0.3) is 0 Å². The molecule has 3 heteroatoms. The second kappa shape index (κ2) is 12.8. The Hall–Kier alpha value is -4.03. The van der Waals surface area contributed by atoms with E-state index in [2.05, 4.69) is 185 Å². The summed E-state index contributed by atoms with van der Waals surface area (Å²) in [7, 11) is -3.07. The molecule has 0 unspecified atom stereocenters. The third kappa shape index (κ3) is 7.45. The molecule has 0 aliphatic heterocycles. The van der Waals surface area contributed by atoms with Gasteiger partial charge in [0.05, 0.1) is 25.7 Å². The van der Waals surface area contributed by atoms with Crippen molar-refractivity contribution in [2.45, 2.75) is 39.3 Å². The third-order valence-electron chi connectivity index (χ3n) is 8.92. The molecule has 0 saturated heterocycles. The van der Waals surface area contributed by atoms with Gasteiger partial charge in [-0.05, 0) is 44.5 Å². The van der Waals surface area contributed by atoms with Crippen LogP contribution in [0.1, 0.15) is 0 Å². The van der Waals surface area contributed by atoms with Gasteiger partial charge in [0.15, 0.2) is 0 Å². The van der Waals surface area contributed by atoms with E-state index in [0.29, 0.717) is 0 Å². The van der Waals surface area contributed by atoms with Gasteiger partial charge in [-0.2, -0.15) is 0 Å². The number of benzene rings is 6. The van der Waals surface area contributed by atoms with Crippen LogP contribution in [-0.2, 0) is 0 Å². The minimum absolute atomic E-state index is 0.530. The van der Waals surface area contributed by atoms with Crippen LogP contribution in [0.5, 0.6) is 0 Å². The molecule has 0 spiro atoms. The molecule has 0 saturated carbocycles. The van der Waals surface area contributed by atoms with E-state index in [0.717, 1.165) is 0 Å². The molecule has 0 fully saturated rings. The van der Waals surface area contributed by atoms with E-state index in [1.54, 1.807) is 0 Å². The van der Waals surface area contributed by atoms with E-state index in [9.17, 15) is 0 Å². The Morgan fingerprint density at radius 2 is 0.444 bits per heavy atom. The van der Waals surface area contributed by atoms with Crippen LogP contribution in [0.3, 0.4) is 0 Å². The molecule has 6 aromatic rings. The third-order valence-corrected chi connectivity index (χ3v) is 14.8. The highest BCUT2D eigenvalue weighted by molar-refractivity contribution is 6.89. The standard InChI is InChI=1S/C42H44Si3/c1-44(2,3)41-27-19-37(20-28-41)33-11-7-31(8-12-33)35-15-23-39(24-16-35)43-40-25-17-36(18-26-40)32-9-13-34(14-10-32)38-21-29-42(30-22-38)45(4,5)6/h7-30H,43H2,1-6H3. The van der Waals surface area contributed by atoms with Crippen molar-refractivity contribution in [2.75, 3.05) is 0 Å². The summed E-state index contributed by atoms with van der Waals surface area (Å²) in [5, 5.41) is 5.95. The minimum Gasteiger partial charge on any atom is -0.0656 e. The molecule has 0 heterocycles. The minimum atomic E-state index is -1.27. The zero-order valence-corrected chi connectivity index (χ0v) is 31.0. The molecular weight excluding hydrogens is 589 g/mol. The summed E-state index contributed by atoms with van der Waals surface area (Å²) in [6.07, 6.45) is 0. The number of hydrogen-bond donors (Lipinski definition) is 0. The highest BCUT2D eigenvalue weighted by atomic mass is 28.3. The Morgan fingerprint density at radius 1 is 0.267 bits per heavy atom. The first kappa shape index (κ1) is 31.0. The Bertz CT molecular complexity index is 1710. The van der Waals surface area contributed by atoms with Crippen LogP contribution in [0.15, 0.2) is 146 Å². The lowest BCUT2D eigenvalue weighted by Gasteiger charge is -2.16. The molecule has 0 N–H and O–H groups in total. The van der Waals surface area contributed by atoms with E-state index < -0.39 is 25.7 Å². The van der Waals surface area contributed by atoms with E-state index in [1.165, 1.54) is 65.3 Å². The SMILES string of the molecule is C[Si](C)(C)c1ccc(-c2ccc(-c3ccc([SiH2]c4ccc(-c5ccc(-c6ccc([Si](C)(C)C)cc6)cc5)cc4)cc3)cc2)cc1. The highest BCUT2D eigenvalue weighted by Crippen LogP contribution is 2.26. The van der Waals surface area contributed by atoms with Gasteiger partial charge in [-0.3, -0.25) is 0 Å². The first-order valence-corrected chi connectivity index (χ1v) is 24.5. The predicted octanol–water partition coefficient (Wildman–Crippen LogP) is 8.56. The molecule has 0 aliphatic carbocycles. The van der Waals surface area contributed by atoms with Gasteiger partial charge in [0, 0.05) is 0 Å². The number of hydrogen-bond acceptors (Lipinski definition) is 0. The van der Waals surface area contributed by atoms with Crippen molar-refractivity contribution < 1.29 is 0 Å². The van der Waals surface area contributed by atoms with E-state index >= 15 is 0 Å². The van der Waals surface area contributed by atoms with Gasteiger partial charge >= 0.3 is 0 Å². The summed E-state index contributed by atoms with van der Waals surface area (Å²) < 4.78 is 0. The Balaban J connectivity index is 1.08. The smallest absolute Gasteiger partial charge is 0.0656 e. The van der Waals surface area contributed by atoms with Crippen LogP contribution >= 0.6 is 0 Å². The van der Waals surface area contributed by atoms with E-state index in [-0.39, 0.29) is 0 Å². The maximum atomic E-state index is 2.40. The maximum Gasteiger partial charge on any atom is 0.0875 e. The van der Waals surface area contributed by atoms with Crippen molar-refractivity contribution in [3.63, 3.8) is 0 Å². The van der Waals surface area contributed by atoms with Gasteiger partial charge in [0.1, 0.15) is 0 Å². The van der Waals surface area contributed by atoms with Crippen molar-refractivity contribution in [1.29, 1.82) is 0 Å². The molecule has 45 heavy (non-hydrogen) atoms. The quantitative estimate of drug-likeness (QED) is 0.148. The van der Waals surface area contributed by atoms with Crippen molar-refractivity contribution >= 4 is 46.4 Å². The largest absolute Gasteiger partial charge is 0.0875 e. The lowest BCUT2D eigenvalue weighted by Crippen LogP contribution is -2.37. The fraction of sp³-hybridized carbons (Fsp3) is 0.143. The molecule has 0 aliphatic rings. The van der Waals surface area contributed by atoms with E-state index in [4.69, 9.17) is 0 Å². The molecule has 0 nitrogen and oxygen atoms in total. The first-order chi connectivity index (χ1) is 21.5. The van der Waals surface area contributed by atoms with Gasteiger partial charge in [0.2, 0.25) is 0 Å². The second-order valence-corrected chi connectivity index (χ2v) is 26.5. The van der Waals surface area contributed by atoms with Crippen LogP contribution in [0.2, 0.25) is 39.3 Å². The van der Waals surface area contributed by atoms with Gasteiger partial charge < -0.3 is 0 Å². The van der Waals surface area contributed by atoms with E-state index in [1.807, 2.05) is 0 Å². The second-order valence-electron chi connectivity index (χ2n) is 14.4. The lowest BCUT2D eigenvalue weighted by molar-refractivity contribution is 1.59. The fourth-order valence-corrected chi connectivity index (χ4v) is 9.65. The average Bonchev–Trinajstić information content (AvgIpc) is 3.05. The molecule has 6 aromatic carbocycles. The zero-order chi connectivity index (χ0) is 31.6. The Morgan fingerprint density at radius 3 is 0.644 bits per heavy atom. The first-order valence-electron chi connectivity index (χ1n) is 16.1. The lowest BCUT2D eigenvalue weighted by atomic mass is 10.0. The van der Waals surface area contributed by atoms with Crippen LogP contribution in [0.25, 0.3) is 44.5 Å². The predicted molar refractivity (Wildman–Crippen MR) is 208 cm³/mol.